The smallest absolute Gasteiger partial charge is 0.138 e. The molecule has 6 rings (SSSR count). The average Bonchev–Trinajstić information content (AvgIpc) is 3.47. The predicted molar refractivity (Wildman–Crippen MR) is 125 cm³/mol. The van der Waals surface area contributed by atoms with Crippen LogP contribution < -0.4 is 5.32 Å². The lowest BCUT2D eigenvalue weighted by Gasteiger charge is -2.36. The van der Waals surface area contributed by atoms with E-state index in [9.17, 15) is 4.39 Å². The molecule has 0 amide bonds. The molecule has 33 heavy (non-hydrogen) atoms. The van der Waals surface area contributed by atoms with Gasteiger partial charge in [-0.3, -0.25) is 4.57 Å². The number of nitrogens with zero attached hydrogens (tertiary/aromatic N) is 2. The molecule has 4 aromatic rings. The summed E-state index contributed by atoms with van der Waals surface area (Å²) < 4.78 is 38.2. The van der Waals surface area contributed by atoms with Gasteiger partial charge in [0, 0.05) is 47.1 Å². The summed E-state index contributed by atoms with van der Waals surface area (Å²) in [5.41, 5.74) is 5.50. The fourth-order valence-electron chi connectivity index (χ4n) is 5.57. The number of hydrogen-bond donors (Lipinski definition) is 2. The van der Waals surface area contributed by atoms with Crippen molar-refractivity contribution in [1.82, 2.24) is 14.5 Å². The Hall–Kier alpha value is -3.19. The summed E-state index contributed by atoms with van der Waals surface area (Å²) in [4.78, 5) is 7.92. The first-order valence-corrected chi connectivity index (χ1v) is 11.3. The number of halogens is 2. The number of hydrogen-bond acceptors (Lipinski definition) is 3. The first-order chi connectivity index (χ1) is 15.8. The van der Waals surface area contributed by atoms with Crippen molar-refractivity contribution in [1.29, 1.82) is 0 Å². The average molecular weight is 449 g/mol. The minimum Gasteiger partial charge on any atom is -0.381 e. The second-order valence-corrected chi connectivity index (χ2v) is 9.74. The Morgan fingerprint density at radius 1 is 1.18 bits per heavy atom. The molecule has 1 saturated heterocycles. The van der Waals surface area contributed by atoms with Crippen LogP contribution in [-0.2, 0) is 10.3 Å². The minimum absolute atomic E-state index is 0.213. The van der Waals surface area contributed by atoms with E-state index in [2.05, 4.69) is 19.9 Å². The third kappa shape index (κ3) is 2.88. The molecule has 2 N–H and O–H groups in total. The molecule has 2 aromatic carbocycles. The van der Waals surface area contributed by atoms with Crippen LogP contribution in [0.5, 0.6) is 0 Å². The van der Waals surface area contributed by atoms with Crippen LogP contribution in [-0.4, -0.2) is 27.7 Å². The van der Waals surface area contributed by atoms with Crippen LogP contribution in [0.15, 0.2) is 30.6 Å². The van der Waals surface area contributed by atoms with E-state index in [1.807, 2.05) is 40.1 Å². The third-order valence-electron chi connectivity index (χ3n) is 7.09. The Morgan fingerprint density at radius 2 is 2.00 bits per heavy atom. The van der Waals surface area contributed by atoms with E-state index in [1.165, 1.54) is 18.2 Å². The summed E-state index contributed by atoms with van der Waals surface area (Å²) in [5.74, 6) is 0.307. The van der Waals surface area contributed by atoms with Crippen molar-refractivity contribution < 1.29 is 13.5 Å². The molecule has 4 heterocycles. The van der Waals surface area contributed by atoms with Gasteiger partial charge in [0.05, 0.1) is 29.0 Å². The lowest BCUT2D eigenvalue weighted by Crippen LogP contribution is -2.36. The van der Waals surface area contributed by atoms with Gasteiger partial charge in [0.2, 0.25) is 0 Å². The Morgan fingerprint density at radius 3 is 2.76 bits per heavy atom. The molecule has 7 heteroatoms. The number of aromatic amines is 1. The lowest BCUT2D eigenvalue weighted by atomic mass is 9.91. The van der Waals surface area contributed by atoms with Crippen LogP contribution in [0.25, 0.3) is 27.7 Å². The number of nitrogens with one attached hydrogen (secondary N) is 2. The summed E-state index contributed by atoms with van der Waals surface area (Å²) in [6.07, 6.45) is 4.65. The third-order valence-corrected chi connectivity index (χ3v) is 7.09. The van der Waals surface area contributed by atoms with Crippen LogP contribution in [0.4, 0.5) is 14.5 Å². The molecule has 5 nitrogen and oxygen atoms in total. The van der Waals surface area contributed by atoms with E-state index in [4.69, 9.17) is 4.74 Å². The second-order valence-electron chi connectivity index (χ2n) is 9.74. The summed E-state index contributed by atoms with van der Waals surface area (Å²) in [6, 6.07) is 4.48. The predicted octanol–water partition coefficient (Wildman–Crippen LogP) is 6.08. The summed E-state index contributed by atoms with van der Waals surface area (Å²) in [5, 5.41) is 4.22. The molecule has 170 valence electrons. The van der Waals surface area contributed by atoms with Gasteiger partial charge < -0.3 is 15.0 Å². The number of anilines is 1. The summed E-state index contributed by atoms with van der Waals surface area (Å²) in [7, 11) is 0. The number of benzene rings is 2. The monoisotopic (exact) mass is 448 g/mol. The number of aromatic nitrogens is 3. The number of rotatable bonds is 2. The highest BCUT2D eigenvalue weighted by Gasteiger charge is 2.35. The molecule has 2 aromatic heterocycles. The van der Waals surface area contributed by atoms with E-state index in [1.54, 1.807) is 0 Å². The lowest BCUT2D eigenvalue weighted by molar-refractivity contribution is 0.194. The first-order valence-electron chi connectivity index (χ1n) is 11.3. The van der Waals surface area contributed by atoms with Crippen molar-refractivity contribution in [2.45, 2.75) is 45.6 Å². The molecule has 2 aliphatic heterocycles. The molecule has 0 radical (unpaired) electrons. The fourth-order valence-corrected chi connectivity index (χ4v) is 5.57. The largest absolute Gasteiger partial charge is 0.381 e. The Bertz CT molecular complexity index is 1430. The van der Waals surface area contributed by atoms with Crippen LogP contribution in [0.2, 0.25) is 0 Å². The molecule has 2 aliphatic rings. The van der Waals surface area contributed by atoms with Crippen molar-refractivity contribution in [2.24, 2.45) is 0 Å². The van der Waals surface area contributed by atoms with Gasteiger partial charge in [-0.05, 0) is 63.4 Å². The van der Waals surface area contributed by atoms with E-state index < -0.39 is 5.54 Å². The van der Waals surface area contributed by atoms with E-state index in [0.717, 1.165) is 45.7 Å². The molecule has 1 unspecified atom stereocenters. The highest BCUT2D eigenvalue weighted by molar-refractivity contribution is 5.98. The van der Waals surface area contributed by atoms with Crippen molar-refractivity contribution in [2.75, 3.05) is 18.5 Å². The van der Waals surface area contributed by atoms with Gasteiger partial charge in [-0.25, -0.2) is 13.8 Å². The number of imidazole rings is 1. The molecule has 0 bridgehead atoms. The summed E-state index contributed by atoms with van der Waals surface area (Å²) >= 11 is 0. The van der Waals surface area contributed by atoms with E-state index in [0.29, 0.717) is 30.0 Å². The van der Waals surface area contributed by atoms with Crippen molar-refractivity contribution >= 4 is 16.6 Å². The number of aryl methyl sites for hydroxylation is 1. The molecular weight excluding hydrogens is 422 g/mol. The maximum atomic E-state index is 15.7. The maximum absolute atomic E-state index is 15.7. The summed E-state index contributed by atoms with van der Waals surface area (Å²) in [6.45, 7) is 9.26. The number of H-pyrrole nitrogens is 1. The number of ether oxygens (including phenoxy) is 1. The maximum Gasteiger partial charge on any atom is 0.138 e. The van der Waals surface area contributed by atoms with Crippen LogP contribution in [0.1, 0.15) is 48.8 Å². The first kappa shape index (κ1) is 20.4. The van der Waals surface area contributed by atoms with Gasteiger partial charge in [0.1, 0.15) is 17.5 Å². The quantitative estimate of drug-likeness (QED) is 0.391. The van der Waals surface area contributed by atoms with Crippen LogP contribution in [0.3, 0.4) is 0 Å². The molecular formula is C26H26F2N4O. The van der Waals surface area contributed by atoms with Gasteiger partial charge in [0.15, 0.2) is 0 Å². The highest BCUT2D eigenvalue weighted by Crippen LogP contribution is 2.45. The Labute approximate surface area is 190 Å². The van der Waals surface area contributed by atoms with Crippen LogP contribution in [0, 0.1) is 25.5 Å². The molecule has 1 atom stereocenters. The molecule has 0 spiro atoms. The van der Waals surface area contributed by atoms with Crippen molar-refractivity contribution in [3.05, 3.63) is 64.9 Å². The van der Waals surface area contributed by atoms with Gasteiger partial charge in [0.25, 0.3) is 0 Å². The SMILES string of the molecule is Cc1c(-c2cc(F)cc3c(C4CCOC4)c[nH]c23)c(F)cc2c1-n1c(C)cnc1C(C)(C)N2. The topological polar surface area (TPSA) is 54.9 Å². The van der Waals surface area contributed by atoms with Gasteiger partial charge in [-0.2, -0.15) is 0 Å². The molecule has 0 aliphatic carbocycles. The minimum atomic E-state index is -0.453. The standard InChI is InChI=1S/C26H26F2N4O/c1-13-10-30-25-26(3,4)31-21-9-20(28)22(14(2)24(21)32(13)25)18-8-16(27)7-17-19(11-29-23(17)18)15-5-6-33-12-15/h7-11,15,29,31H,5-6,12H2,1-4H3. The fraction of sp³-hybridized carbons (Fsp3) is 0.346. The zero-order chi connectivity index (χ0) is 23.1. The van der Waals surface area contributed by atoms with Gasteiger partial charge >= 0.3 is 0 Å². The second kappa shape index (κ2) is 6.90. The van der Waals surface area contributed by atoms with Crippen LogP contribution >= 0.6 is 0 Å². The van der Waals surface area contributed by atoms with E-state index in [-0.39, 0.29) is 17.6 Å². The van der Waals surface area contributed by atoms with Crippen molar-refractivity contribution in [3.63, 3.8) is 0 Å². The van der Waals surface area contributed by atoms with Crippen molar-refractivity contribution in [3.8, 4) is 16.8 Å². The Kier molecular flexibility index (Phi) is 4.27. The highest BCUT2D eigenvalue weighted by atomic mass is 19.1. The Balaban J connectivity index is 1.62. The van der Waals surface area contributed by atoms with Gasteiger partial charge in [-0.15, -0.1) is 0 Å². The number of fused-ring (bicyclic) bond motifs is 4. The van der Waals surface area contributed by atoms with Gasteiger partial charge in [-0.1, -0.05) is 0 Å². The normalized spacial score (nSPS) is 18.9. The van der Waals surface area contributed by atoms with E-state index >= 15 is 4.39 Å². The zero-order valence-electron chi connectivity index (χ0n) is 19.1. The zero-order valence-corrected chi connectivity index (χ0v) is 19.1. The molecule has 0 saturated carbocycles. The molecule has 1 fully saturated rings.